The van der Waals surface area contributed by atoms with Crippen LogP contribution in [-0.4, -0.2) is 59.5 Å². The number of sulfonamides is 1. The number of aromatic nitrogens is 2. The maximum absolute atomic E-state index is 13.1. The number of hydrogen-bond donors (Lipinski definition) is 0. The Morgan fingerprint density at radius 1 is 1.00 bits per heavy atom. The summed E-state index contributed by atoms with van der Waals surface area (Å²) in [4.78, 5) is 14.8. The van der Waals surface area contributed by atoms with Gasteiger partial charge in [0.05, 0.1) is 17.0 Å². The number of aryl methyl sites for hydroxylation is 2. The van der Waals surface area contributed by atoms with Gasteiger partial charge >= 0.3 is 0 Å². The lowest BCUT2D eigenvalue weighted by Gasteiger charge is -2.34. The molecule has 1 aliphatic heterocycles. The molecule has 8 heteroatoms. The van der Waals surface area contributed by atoms with E-state index in [0.29, 0.717) is 37.5 Å². The first-order valence-electron chi connectivity index (χ1n) is 10.0. The monoisotopic (exact) mass is 426 g/mol. The summed E-state index contributed by atoms with van der Waals surface area (Å²) >= 11 is 0. The highest BCUT2D eigenvalue weighted by Gasteiger charge is 2.30. The van der Waals surface area contributed by atoms with Gasteiger partial charge in [0.2, 0.25) is 15.9 Å². The topological polar surface area (TPSA) is 75.5 Å². The van der Waals surface area contributed by atoms with E-state index in [0.717, 1.165) is 27.7 Å². The Balaban J connectivity index is 1.44. The molecule has 0 radical (unpaired) electrons. The van der Waals surface area contributed by atoms with Gasteiger partial charge in [0.25, 0.3) is 0 Å². The molecule has 3 aromatic rings. The first kappa shape index (κ1) is 20.6. The summed E-state index contributed by atoms with van der Waals surface area (Å²) in [6, 6.07) is 12.9. The van der Waals surface area contributed by atoms with Crippen molar-refractivity contribution in [1.29, 1.82) is 0 Å². The number of piperazine rings is 1. The van der Waals surface area contributed by atoms with Crippen molar-refractivity contribution in [3.63, 3.8) is 0 Å². The van der Waals surface area contributed by atoms with Gasteiger partial charge in [0.15, 0.2) is 0 Å². The van der Waals surface area contributed by atoms with E-state index in [1.54, 1.807) is 21.7 Å². The van der Waals surface area contributed by atoms with Gasteiger partial charge in [0.1, 0.15) is 0 Å². The Kier molecular flexibility index (Phi) is 5.38. The second kappa shape index (κ2) is 7.85. The van der Waals surface area contributed by atoms with Gasteiger partial charge in [0, 0.05) is 44.5 Å². The minimum absolute atomic E-state index is 0.0111. The average molecular weight is 427 g/mol. The second-order valence-electron chi connectivity index (χ2n) is 7.74. The summed E-state index contributed by atoms with van der Waals surface area (Å²) in [5.41, 5.74) is 2.80. The number of carbonyl (C=O) groups excluding carboxylic acids is 1. The molecular weight excluding hydrogens is 400 g/mol. The fraction of sp³-hybridized carbons (Fsp3) is 0.364. The van der Waals surface area contributed by atoms with Crippen LogP contribution in [0.2, 0.25) is 0 Å². The molecule has 2 heterocycles. The van der Waals surface area contributed by atoms with Crippen molar-refractivity contribution in [3.05, 3.63) is 59.4 Å². The van der Waals surface area contributed by atoms with E-state index in [4.69, 9.17) is 0 Å². The molecule has 1 amide bonds. The lowest BCUT2D eigenvalue weighted by atomic mass is 10.1. The van der Waals surface area contributed by atoms with Crippen molar-refractivity contribution >= 4 is 26.7 Å². The summed E-state index contributed by atoms with van der Waals surface area (Å²) in [7, 11) is -1.72. The number of amides is 1. The second-order valence-corrected chi connectivity index (χ2v) is 9.68. The van der Waals surface area contributed by atoms with Gasteiger partial charge in [-0.15, -0.1) is 0 Å². The Hall–Kier alpha value is -2.71. The molecule has 30 heavy (non-hydrogen) atoms. The minimum atomic E-state index is -3.59. The molecule has 0 spiro atoms. The Morgan fingerprint density at radius 2 is 1.67 bits per heavy atom. The first-order chi connectivity index (χ1) is 14.3. The maximum Gasteiger partial charge on any atom is 0.243 e. The van der Waals surface area contributed by atoms with E-state index in [1.807, 2.05) is 51.2 Å². The highest BCUT2D eigenvalue weighted by molar-refractivity contribution is 7.89. The van der Waals surface area contributed by atoms with Crippen LogP contribution in [0.5, 0.6) is 0 Å². The van der Waals surface area contributed by atoms with E-state index in [9.17, 15) is 13.2 Å². The summed E-state index contributed by atoms with van der Waals surface area (Å²) in [6.45, 7) is 5.24. The van der Waals surface area contributed by atoms with Crippen molar-refractivity contribution in [2.45, 2.75) is 25.2 Å². The third-order valence-electron chi connectivity index (χ3n) is 5.94. The number of benzene rings is 2. The molecule has 7 nitrogen and oxygen atoms in total. The van der Waals surface area contributed by atoms with Crippen molar-refractivity contribution in [2.24, 2.45) is 7.05 Å². The third kappa shape index (κ3) is 3.73. The van der Waals surface area contributed by atoms with Crippen molar-refractivity contribution < 1.29 is 13.2 Å². The zero-order valence-electron chi connectivity index (χ0n) is 17.5. The Labute approximate surface area is 176 Å². The van der Waals surface area contributed by atoms with E-state index in [2.05, 4.69) is 5.10 Å². The molecular formula is C22H26N4O3S. The van der Waals surface area contributed by atoms with Crippen LogP contribution in [0.1, 0.15) is 17.0 Å². The van der Waals surface area contributed by atoms with Gasteiger partial charge in [-0.25, -0.2) is 8.42 Å². The SMILES string of the molecule is Cc1nn(C)c(C)c1CC(=O)N1CCN(S(=O)(=O)c2ccc3ccccc3c2)CC1. The van der Waals surface area contributed by atoms with Crippen LogP contribution in [0.3, 0.4) is 0 Å². The van der Waals surface area contributed by atoms with E-state index in [-0.39, 0.29) is 5.91 Å². The molecule has 1 aromatic heterocycles. The Bertz CT molecular complexity index is 1210. The van der Waals surface area contributed by atoms with Crippen LogP contribution in [-0.2, 0) is 28.3 Å². The lowest BCUT2D eigenvalue weighted by molar-refractivity contribution is -0.131. The Morgan fingerprint density at radius 3 is 2.30 bits per heavy atom. The minimum Gasteiger partial charge on any atom is -0.340 e. The molecule has 158 valence electrons. The number of nitrogens with zero attached hydrogens (tertiary/aromatic N) is 4. The smallest absolute Gasteiger partial charge is 0.243 e. The van der Waals surface area contributed by atoms with E-state index < -0.39 is 10.0 Å². The van der Waals surface area contributed by atoms with Crippen LogP contribution < -0.4 is 0 Å². The number of hydrogen-bond acceptors (Lipinski definition) is 4. The normalized spacial score (nSPS) is 15.6. The van der Waals surface area contributed by atoms with Gasteiger partial charge < -0.3 is 4.90 Å². The van der Waals surface area contributed by atoms with Gasteiger partial charge in [-0.3, -0.25) is 9.48 Å². The van der Waals surface area contributed by atoms with Crippen LogP contribution in [0, 0.1) is 13.8 Å². The summed E-state index contributed by atoms with van der Waals surface area (Å²) in [5, 5.41) is 6.27. The predicted octanol–water partition coefficient (Wildman–Crippen LogP) is 2.27. The molecule has 0 N–H and O–H groups in total. The standard InChI is InChI=1S/C22H26N4O3S/c1-16-21(17(2)24(3)23-16)15-22(27)25-10-12-26(13-11-25)30(28,29)20-9-8-18-6-4-5-7-19(18)14-20/h4-9,14H,10-13,15H2,1-3H3. The summed E-state index contributed by atoms with van der Waals surface area (Å²) in [5.74, 6) is 0.0111. The largest absolute Gasteiger partial charge is 0.340 e. The van der Waals surface area contributed by atoms with Crippen LogP contribution in [0.15, 0.2) is 47.4 Å². The first-order valence-corrected chi connectivity index (χ1v) is 11.5. The fourth-order valence-electron chi connectivity index (χ4n) is 3.99. The molecule has 0 aliphatic carbocycles. The molecule has 1 saturated heterocycles. The van der Waals surface area contributed by atoms with E-state index in [1.165, 1.54) is 4.31 Å². The summed E-state index contributed by atoms with van der Waals surface area (Å²) in [6.07, 6.45) is 0.295. The highest BCUT2D eigenvalue weighted by Crippen LogP contribution is 2.23. The number of fused-ring (bicyclic) bond motifs is 1. The summed E-state index contributed by atoms with van der Waals surface area (Å²) < 4.78 is 29.5. The molecule has 0 atom stereocenters. The quantitative estimate of drug-likeness (QED) is 0.641. The van der Waals surface area contributed by atoms with E-state index >= 15 is 0 Å². The predicted molar refractivity (Wildman–Crippen MR) is 116 cm³/mol. The maximum atomic E-state index is 13.1. The molecule has 2 aromatic carbocycles. The third-order valence-corrected chi connectivity index (χ3v) is 7.83. The van der Waals surface area contributed by atoms with Gasteiger partial charge in [-0.05, 0) is 36.8 Å². The zero-order chi connectivity index (χ0) is 21.5. The molecule has 0 saturated carbocycles. The van der Waals surface area contributed by atoms with Crippen LogP contribution >= 0.6 is 0 Å². The molecule has 1 fully saturated rings. The van der Waals surface area contributed by atoms with Crippen LogP contribution in [0.25, 0.3) is 10.8 Å². The van der Waals surface area contributed by atoms with Crippen molar-refractivity contribution in [3.8, 4) is 0 Å². The number of rotatable bonds is 4. The zero-order valence-corrected chi connectivity index (χ0v) is 18.3. The highest BCUT2D eigenvalue weighted by atomic mass is 32.2. The van der Waals surface area contributed by atoms with Crippen molar-refractivity contribution in [1.82, 2.24) is 19.0 Å². The van der Waals surface area contributed by atoms with Gasteiger partial charge in [-0.2, -0.15) is 9.40 Å². The fourth-order valence-corrected chi connectivity index (χ4v) is 5.45. The molecule has 1 aliphatic rings. The van der Waals surface area contributed by atoms with Crippen molar-refractivity contribution in [2.75, 3.05) is 26.2 Å². The molecule has 4 rings (SSSR count). The number of carbonyl (C=O) groups is 1. The molecule has 0 unspecified atom stereocenters. The molecule has 0 bridgehead atoms. The lowest BCUT2D eigenvalue weighted by Crippen LogP contribution is -2.50. The van der Waals surface area contributed by atoms with Gasteiger partial charge in [-0.1, -0.05) is 30.3 Å². The average Bonchev–Trinajstić information content (AvgIpc) is 2.99. The van der Waals surface area contributed by atoms with Crippen LogP contribution in [0.4, 0.5) is 0 Å².